The predicted octanol–water partition coefficient (Wildman–Crippen LogP) is 4.28. The molecule has 3 atom stereocenters. The van der Waals surface area contributed by atoms with Crippen LogP contribution >= 0.6 is 18.1 Å². The maximum atomic E-state index is 13.4. The van der Waals surface area contributed by atoms with Crippen molar-refractivity contribution in [1.82, 2.24) is 19.1 Å². The molecule has 1 aliphatic heterocycles. The van der Waals surface area contributed by atoms with Crippen molar-refractivity contribution in [3.05, 3.63) is 82.4 Å². The van der Waals surface area contributed by atoms with Gasteiger partial charge in [0.2, 0.25) is 5.91 Å². The number of morpholine rings is 1. The van der Waals surface area contributed by atoms with Crippen LogP contribution in [0.2, 0.25) is 0 Å². The van der Waals surface area contributed by atoms with E-state index < -0.39 is 31.0 Å². The quantitative estimate of drug-likeness (QED) is 0.369. The number of ether oxygens (including phenoxy) is 2. The number of hydrogen-bond donors (Lipinski definition) is 1. The summed E-state index contributed by atoms with van der Waals surface area (Å²) >= 11 is 6.03. The topological polar surface area (TPSA) is 132 Å². The maximum Gasteiger partial charge on any atom is 0.410 e. The maximum absolute atomic E-state index is 13.4. The molecule has 12 nitrogen and oxygen atoms in total. The molecular formula is C28H31ClN5O7P. The Balaban J connectivity index is 1.34. The third-order valence-corrected chi connectivity index (χ3v) is 9.71. The van der Waals surface area contributed by atoms with Gasteiger partial charge in [-0.25, -0.2) is 14.3 Å². The number of rotatable bonds is 8. The van der Waals surface area contributed by atoms with E-state index in [2.05, 4.69) is 22.4 Å². The number of aromatic nitrogens is 2. The molecule has 0 saturated carbocycles. The van der Waals surface area contributed by atoms with Gasteiger partial charge in [0.25, 0.3) is 0 Å². The van der Waals surface area contributed by atoms with E-state index in [0.717, 1.165) is 22.3 Å². The fourth-order valence-corrected chi connectivity index (χ4v) is 5.82. The molecule has 3 aromatic rings. The largest absolute Gasteiger partial charge is 0.448 e. The number of nitrogens with one attached hydrogen (secondary N) is 1. The van der Waals surface area contributed by atoms with Gasteiger partial charge in [-0.15, -0.1) is 0 Å². The van der Waals surface area contributed by atoms with E-state index in [4.69, 9.17) is 25.2 Å². The van der Waals surface area contributed by atoms with E-state index in [1.807, 2.05) is 36.4 Å². The lowest BCUT2D eigenvalue weighted by molar-refractivity contribution is -0.127. The Labute approximate surface area is 247 Å². The minimum atomic E-state index is -3.62. The Morgan fingerprint density at radius 2 is 1.71 bits per heavy atom. The number of benzene rings is 2. The van der Waals surface area contributed by atoms with Crippen molar-refractivity contribution < 1.29 is 28.2 Å². The van der Waals surface area contributed by atoms with Crippen molar-refractivity contribution in [2.45, 2.75) is 25.2 Å². The van der Waals surface area contributed by atoms with Crippen LogP contribution < -0.4 is 11.0 Å². The van der Waals surface area contributed by atoms with Crippen molar-refractivity contribution >= 4 is 35.9 Å². The van der Waals surface area contributed by atoms with Crippen molar-refractivity contribution in [3.63, 3.8) is 0 Å². The van der Waals surface area contributed by atoms with Crippen LogP contribution in [0, 0.1) is 0 Å². The fraction of sp³-hybridized carbons (Fsp3) is 0.357. The van der Waals surface area contributed by atoms with Crippen molar-refractivity contribution in [2.24, 2.45) is 0 Å². The van der Waals surface area contributed by atoms with E-state index in [-0.39, 0.29) is 43.9 Å². The van der Waals surface area contributed by atoms with Gasteiger partial charge in [0.1, 0.15) is 18.5 Å². The molecular weight excluding hydrogens is 585 g/mol. The van der Waals surface area contributed by atoms with Gasteiger partial charge in [0.05, 0.1) is 19.7 Å². The average Bonchev–Trinajstić information content (AvgIpc) is 3.28. The first-order valence-corrected chi connectivity index (χ1v) is 15.8. The summed E-state index contributed by atoms with van der Waals surface area (Å²) in [5, 5.41) is 2.46. The van der Waals surface area contributed by atoms with Crippen molar-refractivity contribution in [1.29, 1.82) is 0 Å². The smallest absolute Gasteiger partial charge is 0.410 e. The number of amides is 2. The van der Waals surface area contributed by atoms with Gasteiger partial charge in [0.15, 0.2) is 6.23 Å². The number of hydrogen-bond acceptors (Lipinski definition) is 8. The van der Waals surface area contributed by atoms with Gasteiger partial charge < -0.3 is 24.2 Å². The first-order valence-electron chi connectivity index (χ1n) is 13.3. The van der Waals surface area contributed by atoms with E-state index in [1.54, 1.807) is 0 Å². The summed E-state index contributed by atoms with van der Waals surface area (Å²) in [7, 11) is 3.03. The number of nitrogens with zero attached hydrogens (tertiary/aromatic N) is 4. The zero-order chi connectivity index (χ0) is 30.0. The summed E-state index contributed by atoms with van der Waals surface area (Å²) in [4.78, 5) is 42.9. The summed E-state index contributed by atoms with van der Waals surface area (Å²) in [5.41, 5.74) is 3.68. The third kappa shape index (κ3) is 6.43. The molecule has 1 aliphatic carbocycles. The van der Waals surface area contributed by atoms with Gasteiger partial charge in [-0.1, -0.05) is 48.5 Å². The van der Waals surface area contributed by atoms with Crippen LogP contribution in [0.3, 0.4) is 0 Å². The Bertz CT molecular complexity index is 1550. The summed E-state index contributed by atoms with van der Waals surface area (Å²) in [6, 6.07) is 17.5. The van der Waals surface area contributed by atoms with Gasteiger partial charge in [-0.3, -0.25) is 13.9 Å². The normalized spacial score (nSPS) is 19.6. The lowest BCUT2D eigenvalue weighted by atomic mass is 9.98. The SMILES string of the molecule is CC(=O)Nc1ccn(C2CN(C(=O)OCC3c4ccccc4-c4ccccc43)CC(COP(=O)(Cl)N(C)C)O2)c(=O)n1. The van der Waals surface area contributed by atoms with E-state index in [1.165, 1.54) is 47.4 Å². The van der Waals surface area contributed by atoms with Gasteiger partial charge in [-0.2, -0.15) is 4.98 Å². The lowest BCUT2D eigenvalue weighted by Crippen LogP contribution is -2.51. The molecule has 2 aliphatic rings. The Kier molecular flexibility index (Phi) is 8.81. The number of carbonyl (C=O) groups is 2. The second-order valence-corrected chi connectivity index (χ2v) is 13.4. The summed E-state index contributed by atoms with van der Waals surface area (Å²) in [5.74, 6) is -0.423. The van der Waals surface area contributed by atoms with Crippen molar-refractivity contribution in [3.8, 4) is 11.1 Å². The first kappa shape index (κ1) is 29.9. The molecule has 0 bridgehead atoms. The predicted molar refractivity (Wildman–Crippen MR) is 156 cm³/mol. The Morgan fingerprint density at radius 3 is 2.31 bits per heavy atom. The molecule has 3 unspecified atom stereocenters. The van der Waals surface area contributed by atoms with Crippen LogP contribution in [0.5, 0.6) is 0 Å². The second-order valence-electron chi connectivity index (χ2n) is 10.2. The van der Waals surface area contributed by atoms with Crippen LogP contribution in [0.1, 0.15) is 30.2 Å². The van der Waals surface area contributed by atoms with Gasteiger partial charge >= 0.3 is 18.7 Å². The highest BCUT2D eigenvalue weighted by molar-refractivity contribution is 7.83. The minimum absolute atomic E-state index is 0.0273. The molecule has 14 heteroatoms. The molecule has 2 amide bonds. The molecule has 1 aromatic heterocycles. The van der Waals surface area contributed by atoms with E-state index in [9.17, 15) is 18.9 Å². The van der Waals surface area contributed by atoms with Crippen LogP contribution in [-0.4, -0.2) is 77.6 Å². The third-order valence-electron chi connectivity index (χ3n) is 7.09. The molecule has 1 N–H and O–H groups in total. The average molecular weight is 616 g/mol. The Morgan fingerprint density at radius 1 is 1.07 bits per heavy atom. The molecule has 2 heterocycles. The number of carbonyl (C=O) groups excluding carboxylic acids is 2. The zero-order valence-corrected chi connectivity index (χ0v) is 25.0. The summed E-state index contributed by atoms with van der Waals surface area (Å²) in [6.45, 7) is -2.40. The van der Waals surface area contributed by atoms with Crippen LogP contribution in [0.25, 0.3) is 11.1 Å². The van der Waals surface area contributed by atoms with E-state index >= 15 is 0 Å². The molecule has 0 spiro atoms. The van der Waals surface area contributed by atoms with Crippen LogP contribution in [-0.2, 0) is 23.4 Å². The monoisotopic (exact) mass is 615 g/mol. The van der Waals surface area contributed by atoms with Crippen molar-refractivity contribution in [2.75, 3.05) is 45.7 Å². The second kappa shape index (κ2) is 12.4. The molecule has 2 aromatic carbocycles. The highest BCUT2D eigenvalue weighted by Gasteiger charge is 2.36. The van der Waals surface area contributed by atoms with Crippen LogP contribution in [0.15, 0.2) is 65.6 Å². The molecule has 0 radical (unpaired) electrons. The standard InChI is InChI=1S/C28H31ClN5O7P/c1-18(35)30-25-12-13-34(27(36)31-25)26-15-33(14-19(41-26)16-40-42(29,38)32(2)3)28(37)39-17-24-22-10-6-4-8-20(22)21-9-5-7-11-23(21)24/h4-13,19,24,26H,14-17H2,1-3H3,(H,30,31,35,36). The lowest BCUT2D eigenvalue weighted by Gasteiger charge is -2.38. The summed E-state index contributed by atoms with van der Waals surface area (Å²) in [6.07, 6.45) is -0.949. The first-order chi connectivity index (χ1) is 20.0. The molecule has 5 rings (SSSR count). The van der Waals surface area contributed by atoms with Crippen LogP contribution in [0.4, 0.5) is 10.6 Å². The fourth-order valence-electron chi connectivity index (χ4n) is 5.07. The van der Waals surface area contributed by atoms with Gasteiger partial charge in [-0.05, 0) is 53.7 Å². The molecule has 1 saturated heterocycles. The van der Waals surface area contributed by atoms with E-state index in [0.29, 0.717) is 0 Å². The molecule has 42 heavy (non-hydrogen) atoms. The highest BCUT2D eigenvalue weighted by atomic mass is 35.7. The minimum Gasteiger partial charge on any atom is -0.448 e. The number of anilines is 1. The molecule has 222 valence electrons. The highest BCUT2D eigenvalue weighted by Crippen LogP contribution is 2.54. The Hall–Kier alpha value is -3.54. The molecule has 1 fully saturated rings. The summed E-state index contributed by atoms with van der Waals surface area (Å²) < 4.78 is 32.4. The number of fused-ring (bicyclic) bond motifs is 3. The van der Waals surface area contributed by atoms with Gasteiger partial charge in [0, 0.05) is 19.0 Å². The number of halogens is 1. The zero-order valence-electron chi connectivity index (χ0n) is 23.3.